The van der Waals surface area contributed by atoms with E-state index in [0.717, 1.165) is 19.3 Å². The number of carboxylic acid groups (broad SMARTS) is 2. The molecule has 2 bridgehead atoms. The summed E-state index contributed by atoms with van der Waals surface area (Å²) in [4.78, 5) is 24.7. The van der Waals surface area contributed by atoms with Crippen molar-refractivity contribution in [1.82, 2.24) is 29.5 Å². The zero-order valence-electron chi connectivity index (χ0n) is 45.6. The fraction of sp³-hybridized carbons (Fsp3) is 0.872. The molecule has 6 saturated heterocycles. The summed E-state index contributed by atoms with van der Waals surface area (Å²) in [5, 5.41) is 91.8. The topological polar surface area (TPSA) is 677 Å². The van der Waals surface area contributed by atoms with Crippen LogP contribution in [0.3, 0.4) is 0 Å². The second-order valence-electron chi connectivity index (χ2n) is 20.7. The van der Waals surface area contributed by atoms with E-state index >= 15 is 0 Å². The van der Waals surface area contributed by atoms with Crippen molar-refractivity contribution < 1.29 is 171 Å². The van der Waals surface area contributed by atoms with Gasteiger partial charge in [0.25, 0.3) is 20.2 Å². The lowest BCUT2D eigenvalue weighted by atomic mass is 9.85. The Labute approximate surface area is 521 Å². The maximum absolute atomic E-state index is 12.9. The van der Waals surface area contributed by atoms with Crippen LogP contribution in [0.15, 0.2) is 11.8 Å². The van der Waals surface area contributed by atoms with Gasteiger partial charge in [-0.2, -0.15) is 81.2 Å². The predicted octanol–water partition coefficient (Wildman–Crippen LogP) is -10.1. The van der Waals surface area contributed by atoms with Crippen LogP contribution in [0.4, 0.5) is 0 Å². The summed E-state index contributed by atoms with van der Waals surface area (Å²) in [5.74, 6) is -8.79. The first-order valence-electron chi connectivity index (χ1n) is 26.0. The molecule has 0 spiro atoms. The maximum Gasteiger partial charge on any atom is 0.371 e. The number of aliphatic carboxylic acids is 2. The smallest absolute Gasteiger partial charge is 0.371 e. The molecular weight excluding hydrogens is 1400 g/mol. The molecule has 0 amide bonds. The molecule has 6 fully saturated rings. The Morgan fingerprint density at radius 1 is 0.600 bits per heavy atom. The third kappa shape index (κ3) is 22.2. The molecular formula is C39H66N6O37S8. The highest BCUT2D eigenvalue weighted by Crippen LogP contribution is 2.36. The highest BCUT2D eigenvalue weighted by Gasteiger charge is 2.57. The highest BCUT2D eigenvalue weighted by atomic mass is 32.3. The van der Waals surface area contributed by atoms with Crippen LogP contribution in [0.5, 0.6) is 0 Å². The van der Waals surface area contributed by atoms with Gasteiger partial charge >= 0.3 is 53.2 Å². The van der Waals surface area contributed by atoms with Crippen LogP contribution >= 0.6 is 24.0 Å². The summed E-state index contributed by atoms with van der Waals surface area (Å²) in [6.45, 7) is -1.25. The number of nitrogens with one attached hydrogen (secondary N) is 6. The number of carbonyl (C=O) groups is 2. The van der Waals surface area contributed by atoms with Gasteiger partial charge in [0, 0.05) is 30.6 Å². The lowest BCUT2D eigenvalue weighted by Gasteiger charge is -2.49. The van der Waals surface area contributed by atoms with E-state index in [4.69, 9.17) is 54.8 Å². The van der Waals surface area contributed by atoms with Crippen molar-refractivity contribution in [2.45, 2.75) is 160 Å². The van der Waals surface area contributed by atoms with E-state index in [1.54, 1.807) is 4.72 Å². The molecule has 7 heterocycles. The van der Waals surface area contributed by atoms with Crippen LogP contribution in [0.2, 0.25) is 0 Å². The number of aliphatic hydroxyl groups excluding tert-OH is 6. The van der Waals surface area contributed by atoms with Crippen LogP contribution in [0.1, 0.15) is 25.7 Å². The van der Waals surface area contributed by atoms with Crippen LogP contribution in [0, 0.1) is 5.92 Å². The average Bonchev–Trinajstić information content (AvgIpc) is 0.783. The minimum absolute atomic E-state index is 0.00698. The number of hydrogen-bond donors (Lipinski definition) is 20. The standard InChI is InChI=1S/C39H66N6O37S8/c46-14-8-15(34(52)53)78-36(20(14)42-87(62,63)64)80-29-18(11-85(56,57)58)76-16(21(25(29)48)43-88(65,66)67)9-75-31-27(50)23(45-90(71,72)73)37(82-32(31)35(54)55)81-30-19(12-86(59,60)61)77-33(22(26(30)49)44-89(68,69)70)41-39(83)40-5-7-84-10-17-13-4-2-1-3-6-74-38(79-17)28(51)24(13)47/h8,13-14,16-33,36-38,42-51H,1-7,9-12H2,(H,52,53)(H,54,55)(H2,40,41,83)(H,56,57,58)(H,59,60,61)(H,62,63,64)(H,65,66,67)(H,68,69,70)(H,71,72,73)/t13?,14-,16-,17?,18?,19?,20?,21?,22?,23?,24+,25+,26+,27+,28?,29-,30-,31+,32?,33-,36+,37-,38+/m1/s1. The molecule has 0 saturated carbocycles. The maximum atomic E-state index is 12.9. The molecule has 43 nitrogen and oxygen atoms in total. The molecule has 0 radical (unpaired) electrons. The predicted molar refractivity (Wildman–Crippen MR) is 294 cm³/mol. The Balaban J connectivity index is 1.23. The molecule has 0 aromatic rings. The number of ether oxygens (including phenoxy) is 9. The second kappa shape index (κ2) is 31.0. The molecule has 0 aromatic carbocycles. The van der Waals surface area contributed by atoms with Gasteiger partial charge in [-0.05, 0) is 31.1 Å². The number of hydrogen-bond acceptors (Lipinski definition) is 31. The Morgan fingerprint density at radius 3 is 1.70 bits per heavy atom. The first kappa shape index (κ1) is 76.3. The molecule has 522 valence electrons. The van der Waals surface area contributed by atoms with Crippen molar-refractivity contribution in [3.05, 3.63) is 11.8 Å². The third-order valence-electron chi connectivity index (χ3n) is 14.1. The summed E-state index contributed by atoms with van der Waals surface area (Å²) in [5.41, 5.74) is 0. The molecule has 51 heteroatoms. The number of thioether (sulfide) groups is 1. The summed E-state index contributed by atoms with van der Waals surface area (Å²) in [6, 6.07) is -9.89. The molecule has 7 aliphatic rings. The number of thiocarbonyl (C=S) groups is 1. The van der Waals surface area contributed by atoms with Crippen molar-refractivity contribution in [3.63, 3.8) is 0 Å². The highest BCUT2D eigenvalue weighted by molar-refractivity contribution is 7.99. The zero-order chi connectivity index (χ0) is 67.4. The Kier molecular flexibility index (Phi) is 26.3. The molecule has 20 N–H and O–H groups in total. The van der Waals surface area contributed by atoms with Gasteiger partial charge in [0.15, 0.2) is 23.8 Å². The summed E-state index contributed by atoms with van der Waals surface area (Å²) < 4.78 is 262. The van der Waals surface area contributed by atoms with Gasteiger partial charge in [-0.25, -0.2) is 9.59 Å². The second-order valence-corrected chi connectivity index (χ2v) is 30.0. The van der Waals surface area contributed by atoms with Crippen LogP contribution < -0.4 is 29.5 Å². The monoisotopic (exact) mass is 1470 g/mol. The van der Waals surface area contributed by atoms with Crippen molar-refractivity contribution >= 4 is 102 Å². The van der Waals surface area contributed by atoms with Gasteiger partial charge in [-0.15, -0.1) is 0 Å². The number of rotatable bonds is 27. The Bertz CT molecular complexity index is 3250. The lowest BCUT2D eigenvalue weighted by Crippen LogP contribution is -2.72. The van der Waals surface area contributed by atoms with Gasteiger partial charge in [0.2, 0.25) is 12.0 Å². The molecule has 0 aromatic heterocycles. The van der Waals surface area contributed by atoms with Crippen LogP contribution in [-0.2, 0) is 114 Å². The van der Waals surface area contributed by atoms with E-state index < -0.39 is 243 Å². The first-order chi connectivity index (χ1) is 41.4. The summed E-state index contributed by atoms with van der Waals surface area (Å²) >= 11 is 6.60. The number of aliphatic hydroxyl groups is 6. The number of carboxylic acids is 2. The fourth-order valence-electron chi connectivity index (χ4n) is 10.4. The van der Waals surface area contributed by atoms with Gasteiger partial charge in [0.05, 0.1) is 37.0 Å². The normalized spacial score (nSPS) is 37.6. The zero-order valence-corrected chi connectivity index (χ0v) is 52.1. The molecule has 23 atom stereocenters. The molecule has 7 rings (SSSR count). The molecule has 90 heavy (non-hydrogen) atoms. The van der Waals surface area contributed by atoms with E-state index in [1.807, 2.05) is 0 Å². The lowest BCUT2D eigenvalue weighted by molar-refractivity contribution is -0.312. The van der Waals surface area contributed by atoms with Crippen LogP contribution in [-0.4, -0.2) is 313 Å². The van der Waals surface area contributed by atoms with Gasteiger partial charge < -0.3 is 94.1 Å². The van der Waals surface area contributed by atoms with Crippen LogP contribution in [0.25, 0.3) is 0 Å². The van der Waals surface area contributed by atoms with E-state index in [1.165, 1.54) is 25.9 Å². The largest absolute Gasteiger partial charge is 0.479 e. The average molecular weight is 1470 g/mol. The summed E-state index contributed by atoms with van der Waals surface area (Å²) in [7, 11) is -33.1. The van der Waals surface area contributed by atoms with Crippen molar-refractivity contribution in [3.8, 4) is 0 Å². The van der Waals surface area contributed by atoms with E-state index in [9.17, 15) is 128 Å². The quantitative estimate of drug-likeness (QED) is 0.0206. The number of fused-ring (bicyclic) bond motifs is 7. The van der Waals surface area contributed by atoms with Gasteiger partial charge in [-0.3, -0.25) is 27.3 Å². The minimum atomic E-state index is -5.74. The Morgan fingerprint density at radius 2 is 1.13 bits per heavy atom. The first-order valence-corrected chi connectivity index (χ1v) is 36.5. The third-order valence-corrected chi connectivity index (χ3v) is 19.2. The summed E-state index contributed by atoms with van der Waals surface area (Å²) in [6.07, 6.45) is -36.8. The molecule has 10 unspecified atom stereocenters. The van der Waals surface area contributed by atoms with Gasteiger partial charge in [0.1, 0.15) is 90.9 Å². The minimum Gasteiger partial charge on any atom is -0.479 e. The van der Waals surface area contributed by atoms with E-state index in [-0.39, 0.29) is 18.1 Å². The fourth-order valence-corrected chi connectivity index (χ4v) is 15.4. The molecule has 0 aliphatic carbocycles. The Hall–Kier alpha value is -2.74. The van der Waals surface area contributed by atoms with Crippen molar-refractivity contribution in [1.29, 1.82) is 0 Å². The van der Waals surface area contributed by atoms with Crippen molar-refractivity contribution in [2.75, 3.05) is 42.8 Å². The molecule has 7 aliphatic heterocycles. The van der Waals surface area contributed by atoms with Crippen molar-refractivity contribution in [2.24, 2.45) is 5.92 Å². The van der Waals surface area contributed by atoms with E-state index in [2.05, 4.69) is 10.6 Å². The van der Waals surface area contributed by atoms with E-state index in [0.29, 0.717) is 19.1 Å². The SMILES string of the molecule is O=C(O)C1=C[C@@H](O)C(NS(=O)(=O)O)[C@H](O[C@@H]2C(CS(=O)(=O)O)O[C@H](CO[C@@H]3C(C(=O)O)O[C@@H](O[C@@H]4C(CS(=O)(=O)O)O[C@@H](NC(=S)NCCSCC5O[C@@H]6OCCCCCC5[C@H](O)C6O)C(NS(=O)(=O)O)[C@@H]4O)C(NS(=O)(=O)O)[C@@H]3O)C(NS(=O)(=O)O)[C@@H]2O)O1. The van der Waals surface area contributed by atoms with Gasteiger partial charge in [-0.1, -0.05) is 12.8 Å².